The smallest absolute Gasteiger partial charge is 0.259 e. The molecule has 0 atom stereocenters. The minimum Gasteiger partial charge on any atom is -0.477 e. The van der Waals surface area contributed by atoms with Gasteiger partial charge in [0, 0.05) is 38.9 Å². The largest absolute Gasteiger partial charge is 0.477 e. The lowest BCUT2D eigenvalue weighted by Crippen LogP contribution is -2.48. The first kappa shape index (κ1) is 16.0. The molecule has 0 radical (unpaired) electrons. The second-order valence-electron chi connectivity index (χ2n) is 5.49. The van der Waals surface area contributed by atoms with Gasteiger partial charge in [0.15, 0.2) is 0 Å². The van der Waals surface area contributed by atoms with Gasteiger partial charge in [0.25, 0.3) is 5.91 Å². The molecule has 122 valence electrons. The Hall–Kier alpha value is -1.92. The second-order valence-corrected chi connectivity index (χ2v) is 6.27. The highest BCUT2D eigenvalue weighted by atomic mass is 32.1. The lowest BCUT2D eigenvalue weighted by molar-refractivity contribution is 0.0624. The van der Waals surface area contributed by atoms with Gasteiger partial charge in [-0.05, 0) is 41.4 Å². The zero-order valence-electron chi connectivity index (χ0n) is 13.3. The number of hydrogen-bond acceptors (Lipinski definition) is 5. The Morgan fingerprint density at radius 3 is 2.83 bits per heavy atom. The molecule has 0 aromatic carbocycles. The number of hydrogen-bond donors (Lipinski definition) is 0. The van der Waals surface area contributed by atoms with Crippen LogP contribution in [0.1, 0.15) is 22.8 Å². The maximum atomic E-state index is 12.7. The van der Waals surface area contributed by atoms with Crippen LogP contribution in [0, 0.1) is 0 Å². The van der Waals surface area contributed by atoms with Crippen LogP contribution in [0.5, 0.6) is 5.88 Å². The molecule has 3 heterocycles. The number of amides is 1. The first-order chi connectivity index (χ1) is 11.3. The third-order valence-corrected chi connectivity index (χ3v) is 4.66. The van der Waals surface area contributed by atoms with Crippen LogP contribution in [0.25, 0.3) is 0 Å². The summed E-state index contributed by atoms with van der Waals surface area (Å²) in [7, 11) is 0. The lowest BCUT2D eigenvalue weighted by Gasteiger charge is -2.34. The van der Waals surface area contributed by atoms with Crippen molar-refractivity contribution in [2.75, 3.05) is 32.8 Å². The van der Waals surface area contributed by atoms with Crippen molar-refractivity contribution in [3.63, 3.8) is 0 Å². The molecule has 0 unspecified atom stereocenters. The van der Waals surface area contributed by atoms with E-state index in [1.807, 2.05) is 11.8 Å². The number of carbonyl (C=O) groups is 1. The summed E-state index contributed by atoms with van der Waals surface area (Å²) in [5, 5.41) is 4.29. The molecule has 1 aliphatic rings. The van der Waals surface area contributed by atoms with Crippen molar-refractivity contribution < 1.29 is 9.53 Å². The first-order valence-electron chi connectivity index (χ1n) is 7.88. The lowest BCUT2D eigenvalue weighted by atomic mass is 10.2. The molecular formula is C17H21N3O2S. The molecule has 0 saturated carbocycles. The van der Waals surface area contributed by atoms with Crippen molar-refractivity contribution in [1.82, 2.24) is 14.8 Å². The number of rotatable bonds is 5. The van der Waals surface area contributed by atoms with E-state index in [1.54, 1.807) is 29.7 Å². The molecule has 1 saturated heterocycles. The summed E-state index contributed by atoms with van der Waals surface area (Å²) in [6.45, 7) is 6.63. The molecule has 0 spiro atoms. The number of thiophene rings is 1. The van der Waals surface area contributed by atoms with Crippen molar-refractivity contribution in [2.24, 2.45) is 0 Å². The summed E-state index contributed by atoms with van der Waals surface area (Å²) in [5.74, 6) is 0.442. The van der Waals surface area contributed by atoms with Gasteiger partial charge in [0.2, 0.25) is 5.88 Å². The fourth-order valence-electron chi connectivity index (χ4n) is 2.73. The fraction of sp³-hybridized carbons (Fsp3) is 0.412. The normalized spacial score (nSPS) is 15.6. The molecule has 5 nitrogen and oxygen atoms in total. The van der Waals surface area contributed by atoms with Gasteiger partial charge in [0.05, 0.1) is 6.61 Å². The van der Waals surface area contributed by atoms with Gasteiger partial charge in [-0.1, -0.05) is 0 Å². The van der Waals surface area contributed by atoms with E-state index in [0.29, 0.717) is 18.1 Å². The minimum atomic E-state index is 0.0109. The van der Waals surface area contributed by atoms with Gasteiger partial charge in [-0.3, -0.25) is 9.69 Å². The third kappa shape index (κ3) is 3.89. The van der Waals surface area contributed by atoms with Gasteiger partial charge in [-0.15, -0.1) is 0 Å². The van der Waals surface area contributed by atoms with E-state index in [9.17, 15) is 4.79 Å². The SMILES string of the molecule is CCOc1ncccc1C(=O)N1CCN(Cc2ccsc2)CC1. The average molecular weight is 331 g/mol. The average Bonchev–Trinajstić information content (AvgIpc) is 3.09. The van der Waals surface area contributed by atoms with E-state index in [1.165, 1.54) is 5.56 Å². The molecule has 1 fully saturated rings. The van der Waals surface area contributed by atoms with E-state index < -0.39 is 0 Å². The van der Waals surface area contributed by atoms with E-state index in [2.05, 4.69) is 26.7 Å². The summed E-state index contributed by atoms with van der Waals surface area (Å²) in [5.41, 5.74) is 1.90. The molecule has 0 aliphatic carbocycles. The summed E-state index contributed by atoms with van der Waals surface area (Å²) in [4.78, 5) is 21.2. The van der Waals surface area contributed by atoms with Crippen LogP contribution in [-0.2, 0) is 6.54 Å². The Bertz CT molecular complexity index is 637. The van der Waals surface area contributed by atoms with Gasteiger partial charge >= 0.3 is 0 Å². The molecule has 2 aromatic heterocycles. The van der Waals surface area contributed by atoms with Crippen LogP contribution in [0.3, 0.4) is 0 Å². The predicted octanol–water partition coefficient (Wildman–Crippen LogP) is 2.50. The maximum absolute atomic E-state index is 12.7. The van der Waals surface area contributed by atoms with Gasteiger partial charge in [-0.2, -0.15) is 11.3 Å². The fourth-order valence-corrected chi connectivity index (χ4v) is 3.39. The molecule has 6 heteroatoms. The Kier molecular flexibility index (Phi) is 5.25. The van der Waals surface area contributed by atoms with Crippen LogP contribution < -0.4 is 4.74 Å². The van der Waals surface area contributed by atoms with Crippen LogP contribution >= 0.6 is 11.3 Å². The number of aromatic nitrogens is 1. The monoisotopic (exact) mass is 331 g/mol. The standard InChI is InChI=1S/C17H21N3O2S/c1-2-22-16-15(4-3-6-18-16)17(21)20-9-7-19(8-10-20)12-14-5-11-23-13-14/h3-6,11,13H,2,7-10,12H2,1H3. The Morgan fingerprint density at radius 2 is 2.13 bits per heavy atom. The Morgan fingerprint density at radius 1 is 1.30 bits per heavy atom. The van der Waals surface area contributed by atoms with Crippen molar-refractivity contribution in [2.45, 2.75) is 13.5 Å². The highest BCUT2D eigenvalue weighted by Gasteiger charge is 2.24. The highest BCUT2D eigenvalue weighted by Crippen LogP contribution is 2.18. The number of carbonyl (C=O) groups excluding carboxylic acids is 1. The molecule has 3 rings (SSSR count). The summed E-state index contributed by atoms with van der Waals surface area (Å²) < 4.78 is 5.47. The van der Waals surface area contributed by atoms with Crippen LogP contribution in [0.15, 0.2) is 35.2 Å². The first-order valence-corrected chi connectivity index (χ1v) is 8.82. The second kappa shape index (κ2) is 7.57. The maximum Gasteiger partial charge on any atom is 0.259 e. The Balaban J connectivity index is 1.60. The van der Waals surface area contributed by atoms with Gasteiger partial charge < -0.3 is 9.64 Å². The number of nitrogens with zero attached hydrogens (tertiary/aromatic N) is 3. The number of pyridine rings is 1. The third-order valence-electron chi connectivity index (χ3n) is 3.93. The van der Waals surface area contributed by atoms with Crippen molar-refractivity contribution in [1.29, 1.82) is 0 Å². The summed E-state index contributed by atoms with van der Waals surface area (Å²) in [6.07, 6.45) is 1.65. The van der Waals surface area contributed by atoms with E-state index in [4.69, 9.17) is 4.74 Å². The molecular weight excluding hydrogens is 310 g/mol. The van der Waals surface area contributed by atoms with Crippen molar-refractivity contribution in [3.8, 4) is 5.88 Å². The molecule has 1 aliphatic heterocycles. The zero-order chi connectivity index (χ0) is 16.1. The number of ether oxygens (including phenoxy) is 1. The van der Waals surface area contributed by atoms with E-state index >= 15 is 0 Å². The number of piperazine rings is 1. The van der Waals surface area contributed by atoms with Crippen LogP contribution in [-0.4, -0.2) is 53.5 Å². The van der Waals surface area contributed by atoms with Gasteiger partial charge in [-0.25, -0.2) is 4.98 Å². The van der Waals surface area contributed by atoms with Crippen molar-refractivity contribution >= 4 is 17.2 Å². The predicted molar refractivity (Wildman–Crippen MR) is 90.9 cm³/mol. The molecule has 0 bridgehead atoms. The minimum absolute atomic E-state index is 0.0109. The zero-order valence-corrected chi connectivity index (χ0v) is 14.1. The van der Waals surface area contributed by atoms with Crippen molar-refractivity contribution in [3.05, 3.63) is 46.3 Å². The molecule has 1 amide bonds. The van der Waals surface area contributed by atoms with Crippen LogP contribution in [0.4, 0.5) is 0 Å². The summed E-state index contributed by atoms with van der Waals surface area (Å²) >= 11 is 1.73. The molecule has 23 heavy (non-hydrogen) atoms. The summed E-state index contributed by atoms with van der Waals surface area (Å²) in [6, 6.07) is 5.73. The van der Waals surface area contributed by atoms with E-state index in [0.717, 1.165) is 32.7 Å². The highest BCUT2D eigenvalue weighted by molar-refractivity contribution is 7.07. The van der Waals surface area contributed by atoms with Crippen LogP contribution in [0.2, 0.25) is 0 Å². The quantitative estimate of drug-likeness (QED) is 0.844. The van der Waals surface area contributed by atoms with E-state index in [-0.39, 0.29) is 5.91 Å². The molecule has 0 N–H and O–H groups in total. The van der Waals surface area contributed by atoms with Gasteiger partial charge in [0.1, 0.15) is 5.56 Å². The topological polar surface area (TPSA) is 45.7 Å². The Labute approximate surface area is 140 Å². The molecule has 2 aromatic rings.